The number of ether oxygens (including phenoxy) is 3. The molecule has 1 N–H and O–H groups in total. The average molecular weight is 411 g/mol. The van der Waals surface area contributed by atoms with Crippen molar-refractivity contribution in [2.24, 2.45) is 0 Å². The highest BCUT2D eigenvalue weighted by molar-refractivity contribution is 5.83. The fourth-order valence-electron chi connectivity index (χ4n) is 3.91. The molecule has 0 bridgehead atoms. The Kier molecular flexibility index (Phi) is 6.31. The van der Waals surface area contributed by atoms with Crippen LogP contribution in [0.5, 0.6) is 17.2 Å². The third-order valence-electron chi connectivity index (χ3n) is 5.67. The molecule has 30 heavy (non-hydrogen) atoms. The first-order chi connectivity index (χ1) is 14.6. The van der Waals surface area contributed by atoms with E-state index in [9.17, 15) is 4.79 Å². The normalized spacial score (nSPS) is 19.1. The number of hydrogen-bond acceptors (Lipinski definition) is 5. The summed E-state index contributed by atoms with van der Waals surface area (Å²) in [5.74, 6) is 2.37. The molecule has 4 rings (SSSR count). The van der Waals surface area contributed by atoms with Crippen molar-refractivity contribution < 1.29 is 19.0 Å². The molecule has 1 fully saturated rings. The van der Waals surface area contributed by atoms with Gasteiger partial charge in [0.25, 0.3) is 0 Å². The Bertz CT molecular complexity index is 868. The summed E-state index contributed by atoms with van der Waals surface area (Å²) in [7, 11) is 0. The lowest BCUT2D eigenvalue weighted by molar-refractivity contribution is -0.122. The summed E-state index contributed by atoms with van der Waals surface area (Å²) >= 11 is 0. The quantitative estimate of drug-likeness (QED) is 0.786. The van der Waals surface area contributed by atoms with Crippen LogP contribution in [0.1, 0.15) is 38.2 Å². The molecule has 160 valence electrons. The molecule has 0 spiro atoms. The average Bonchev–Trinajstić information content (AvgIpc) is 3.10. The van der Waals surface area contributed by atoms with E-state index in [1.165, 1.54) is 0 Å². The summed E-state index contributed by atoms with van der Waals surface area (Å²) in [5.41, 5.74) is 2.13. The van der Waals surface area contributed by atoms with Gasteiger partial charge in [-0.25, -0.2) is 0 Å². The van der Waals surface area contributed by atoms with Crippen LogP contribution < -0.4 is 24.4 Å². The number of fused-ring (bicyclic) bond motifs is 1. The Morgan fingerprint density at radius 2 is 1.93 bits per heavy atom. The fourth-order valence-corrected chi connectivity index (χ4v) is 3.91. The highest BCUT2D eigenvalue weighted by Gasteiger charge is 2.25. The van der Waals surface area contributed by atoms with Crippen LogP contribution in [0.15, 0.2) is 42.5 Å². The Morgan fingerprint density at radius 1 is 1.17 bits per heavy atom. The van der Waals surface area contributed by atoms with Crippen LogP contribution in [0, 0.1) is 0 Å². The second-order valence-corrected chi connectivity index (χ2v) is 7.84. The van der Waals surface area contributed by atoms with Gasteiger partial charge >= 0.3 is 0 Å². The Hall–Kier alpha value is -2.89. The Morgan fingerprint density at radius 3 is 2.70 bits per heavy atom. The zero-order valence-electron chi connectivity index (χ0n) is 17.7. The van der Waals surface area contributed by atoms with E-state index in [0.29, 0.717) is 19.8 Å². The molecule has 6 heteroatoms. The molecule has 1 amide bonds. The maximum Gasteiger partial charge on any atom is 0.227 e. The van der Waals surface area contributed by atoms with Crippen LogP contribution >= 0.6 is 0 Å². The van der Waals surface area contributed by atoms with Crippen molar-refractivity contribution >= 4 is 11.6 Å². The summed E-state index contributed by atoms with van der Waals surface area (Å²) in [6, 6.07) is 14.0. The van der Waals surface area contributed by atoms with Crippen LogP contribution in [-0.4, -0.2) is 44.9 Å². The van der Waals surface area contributed by atoms with Crippen molar-refractivity contribution in [2.75, 3.05) is 37.7 Å². The van der Waals surface area contributed by atoms with Crippen molar-refractivity contribution in [3.63, 3.8) is 0 Å². The monoisotopic (exact) mass is 410 g/mol. The summed E-state index contributed by atoms with van der Waals surface area (Å²) < 4.78 is 17.8. The van der Waals surface area contributed by atoms with E-state index in [1.54, 1.807) is 0 Å². The molecule has 2 aromatic carbocycles. The first-order valence-electron chi connectivity index (χ1n) is 10.8. The van der Waals surface area contributed by atoms with E-state index < -0.39 is 0 Å². The van der Waals surface area contributed by atoms with E-state index >= 15 is 0 Å². The minimum atomic E-state index is -0.166. The predicted octanol–water partition coefficient (Wildman–Crippen LogP) is 3.75. The van der Waals surface area contributed by atoms with Gasteiger partial charge in [-0.3, -0.25) is 4.79 Å². The van der Waals surface area contributed by atoms with Gasteiger partial charge in [-0.1, -0.05) is 12.1 Å². The molecule has 6 nitrogen and oxygen atoms in total. The minimum absolute atomic E-state index is 0.0488. The maximum absolute atomic E-state index is 12.0. The molecule has 0 aliphatic carbocycles. The van der Waals surface area contributed by atoms with Crippen LogP contribution in [-0.2, 0) is 4.79 Å². The molecular weight excluding hydrogens is 380 g/mol. The second kappa shape index (κ2) is 9.28. The lowest BCUT2D eigenvalue weighted by atomic mass is 10.0. The summed E-state index contributed by atoms with van der Waals surface area (Å²) in [4.78, 5) is 14.3. The molecule has 1 saturated heterocycles. The van der Waals surface area contributed by atoms with Gasteiger partial charge in [-0.15, -0.1) is 0 Å². The van der Waals surface area contributed by atoms with E-state index in [0.717, 1.165) is 54.4 Å². The van der Waals surface area contributed by atoms with E-state index in [1.807, 2.05) is 44.2 Å². The molecule has 2 unspecified atom stereocenters. The lowest BCUT2D eigenvalue weighted by Gasteiger charge is -2.20. The summed E-state index contributed by atoms with van der Waals surface area (Å²) in [5, 5.41) is 2.87. The standard InChI is InChI=1S/C24H30N2O4/c1-3-25-24(27)17(2)18-5-8-20(9-6-18)30-21-11-12-26(16-21)19-7-10-22-23(15-19)29-14-4-13-28-22/h5-10,15,17,21H,3-4,11-14,16H2,1-2H3,(H,25,27). The second-order valence-electron chi connectivity index (χ2n) is 7.84. The molecule has 0 saturated carbocycles. The summed E-state index contributed by atoms with van der Waals surface area (Å²) in [6.45, 7) is 7.66. The van der Waals surface area contributed by atoms with Crippen LogP contribution in [0.3, 0.4) is 0 Å². The molecular formula is C24H30N2O4. The van der Waals surface area contributed by atoms with Crippen LogP contribution in [0.25, 0.3) is 0 Å². The van der Waals surface area contributed by atoms with Crippen LogP contribution in [0.4, 0.5) is 5.69 Å². The van der Waals surface area contributed by atoms with Gasteiger partial charge in [0.1, 0.15) is 11.9 Å². The zero-order chi connectivity index (χ0) is 20.9. The van der Waals surface area contributed by atoms with Crippen molar-refractivity contribution in [1.29, 1.82) is 0 Å². The number of benzene rings is 2. The van der Waals surface area contributed by atoms with Crippen molar-refractivity contribution in [2.45, 2.75) is 38.7 Å². The van der Waals surface area contributed by atoms with E-state index in [2.05, 4.69) is 22.3 Å². The first-order valence-corrected chi connectivity index (χ1v) is 10.8. The number of likely N-dealkylation sites (N-methyl/N-ethyl adjacent to an activating group) is 1. The van der Waals surface area contributed by atoms with Gasteiger partial charge in [-0.2, -0.15) is 0 Å². The molecule has 2 heterocycles. The third kappa shape index (κ3) is 4.64. The van der Waals surface area contributed by atoms with Gasteiger partial charge in [0.05, 0.1) is 25.7 Å². The zero-order valence-corrected chi connectivity index (χ0v) is 17.7. The predicted molar refractivity (Wildman–Crippen MR) is 117 cm³/mol. The lowest BCUT2D eigenvalue weighted by Crippen LogP contribution is -2.27. The number of anilines is 1. The number of nitrogens with zero attached hydrogens (tertiary/aromatic N) is 1. The van der Waals surface area contributed by atoms with Crippen molar-refractivity contribution in [3.8, 4) is 17.2 Å². The number of carbonyl (C=O) groups is 1. The molecule has 0 radical (unpaired) electrons. The van der Waals surface area contributed by atoms with Gasteiger partial charge in [0, 0.05) is 37.7 Å². The van der Waals surface area contributed by atoms with Crippen molar-refractivity contribution in [1.82, 2.24) is 5.32 Å². The van der Waals surface area contributed by atoms with Gasteiger partial charge < -0.3 is 24.4 Å². The number of carbonyl (C=O) groups excluding carboxylic acids is 1. The topological polar surface area (TPSA) is 60.0 Å². The number of amides is 1. The first kappa shape index (κ1) is 20.4. The van der Waals surface area contributed by atoms with Crippen LogP contribution in [0.2, 0.25) is 0 Å². The maximum atomic E-state index is 12.0. The molecule has 2 aliphatic heterocycles. The van der Waals surface area contributed by atoms with Gasteiger partial charge in [0.15, 0.2) is 11.5 Å². The number of rotatable bonds is 6. The van der Waals surface area contributed by atoms with Gasteiger partial charge in [-0.05, 0) is 43.7 Å². The van der Waals surface area contributed by atoms with Gasteiger partial charge in [0.2, 0.25) is 5.91 Å². The Labute approximate surface area is 178 Å². The SMILES string of the molecule is CCNC(=O)C(C)c1ccc(OC2CCN(c3ccc4c(c3)OCCCO4)C2)cc1. The molecule has 2 aliphatic rings. The molecule has 2 aromatic rings. The van der Waals surface area contributed by atoms with E-state index in [-0.39, 0.29) is 17.9 Å². The largest absolute Gasteiger partial charge is 0.490 e. The fraction of sp³-hybridized carbons (Fsp3) is 0.458. The molecule has 0 aromatic heterocycles. The number of nitrogens with one attached hydrogen (secondary N) is 1. The highest BCUT2D eigenvalue weighted by atomic mass is 16.5. The highest BCUT2D eigenvalue weighted by Crippen LogP contribution is 2.35. The number of hydrogen-bond donors (Lipinski definition) is 1. The van der Waals surface area contributed by atoms with E-state index in [4.69, 9.17) is 14.2 Å². The smallest absolute Gasteiger partial charge is 0.227 e. The minimum Gasteiger partial charge on any atom is -0.490 e. The molecule has 2 atom stereocenters. The van der Waals surface area contributed by atoms with Crippen molar-refractivity contribution in [3.05, 3.63) is 48.0 Å². The summed E-state index contributed by atoms with van der Waals surface area (Å²) in [6.07, 6.45) is 2.00. The Balaban J connectivity index is 1.35. The third-order valence-corrected chi connectivity index (χ3v) is 5.67.